The third kappa shape index (κ3) is 7.76. The average Bonchev–Trinajstić information content (AvgIpc) is 2.66. The Balaban J connectivity index is 1.58. The van der Waals surface area contributed by atoms with Crippen LogP contribution in [0.25, 0.3) is 0 Å². The van der Waals surface area contributed by atoms with Crippen molar-refractivity contribution >= 4 is 0 Å². The molecule has 140 valence electrons. The van der Waals surface area contributed by atoms with E-state index in [1.807, 2.05) is 0 Å². The standard InChI is InChI=1S/C23H36FN/c1-2-3-5-19-8-12-21(13-9-19)16-17-22-14-10-20(11-15-22)6-4-7-23(24)18-25/h4,6-7,19-22H,2-3,5,8-17H2,1H3/b6-4+,23-7-/t19-,20-,21-,22-. The van der Waals surface area contributed by atoms with Crippen LogP contribution in [0.4, 0.5) is 4.39 Å². The van der Waals surface area contributed by atoms with Gasteiger partial charge in [0.15, 0.2) is 5.83 Å². The Bertz CT molecular complexity index is 457. The minimum absolute atomic E-state index is 0.577. The maximum absolute atomic E-state index is 12.8. The number of unbranched alkanes of at least 4 members (excludes halogenated alkanes) is 1. The van der Waals surface area contributed by atoms with Gasteiger partial charge in [-0.3, -0.25) is 0 Å². The first-order valence-electron chi connectivity index (χ1n) is 10.6. The van der Waals surface area contributed by atoms with Crippen LogP contribution in [0, 0.1) is 35.0 Å². The van der Waals surface area contributed by atoms with Gasteiger partial charge in [-0.2, -0.15) is 9.65 Å². The van der Waals surface area contributed by atoms with Crippen LogP contribution in [0.15, 0.2) is 24.1 Å². The molecule has 0 bridgehead atoms. The number of nitrogens with zero attached hydrogens (tertiary/aromatic N) is 1. The molecule has 0 atom stereocenters. The molecule has 0 aromatic heterocycles. The molecule has 2 fully saturated rings. The largest absolute Gasteiger partial charge is 0.199 e. The van der Waals surface area contributed by atoms with E-state index in [9.17, 15) is 4.39 Å². The van der Waals surface area contributed by atoms with E-state index >= 15 is 0 Å². The third-order valence-corrected chi connectivity index (χ3v) is 6.54. The van der Waals surface area contributed by atoms with E-state index in [1.165, 1.54) is 95.6 Å². The molecule has 1 nitrogen and oxygen atoms in total. The van der Waals surface area contributed by atoms with Gasteiger partial charge in [0.1, 0.15) is 6.07 Å². The van der Waals surface area contributed by atoms with Crippen molar-refractivity contribution in [2.75, 3.05) is 0 Å². The summed E-state index contributed by atoms with van der Waals surface area (Å²) in [4.78, 5) is 0. The first-order valence-corrected chi connectivity index (χ1v) is 10.6. The van der Waals surface area contributed by atoms with Gasteiger partial charge in [0.2, 0.25) is 0 Å². The summed E-state index contributed by atoms with van der Waals surface area (Å²) in [6.07, 6.45) is 23.2. The summed E-state index contributed by atoms with van der Waals surface area (Å²) in [5.74, 6) is 2.81. The molecule has 0 aliphatic heterocycles. The summed E-state index contributed by atoms with van der Waals surface area (Å²) in [7, 11) is 0. The van der Waals surface area contributed by atoms with Crippen LogP contribution in [-0.4, -0.2) is 0 Å². The van der Waals surface area contributed by atoms with Crippen molar-refractivity contribution in [3.63, 3.8) is 0 Å². The monoisotopic (exact) mass is 345 g/mol. The van der Waals surface area contributed by atoms with Crippen molar-refractivity contribution in [3.05, 3.63) is 24.1 Å². The molecule has 0 radical (unpaired) electrons. The zero-order valence-corrected chi connectivity index (χ0v) is 16.1. The number of rotatable bonds is 8. The molecule has 0 heterocycles. The van der Waals surface area contributed by atoms with Crippen molar-refractivity contribution in [2.24, 2.45) is 23.7 Å². The molecular weight excluding hydrogens is 309 g/mol. The van der Waals surface area contributed by atoms with Crippen LogP contribution in [0.5, 0.6) is 0 Å². The van der Waals surface area contributed by atoms with E-state index in [1.54, 1.807) is 6.08 Å². The number of nitriles is 1. The molecule has 0 amide bonds. The number of hydrogen-bond donors (Lipinski definition) is 0. The molecule has 2 rings (SSSR count). The highest BCUT2D eigenvalue weighted by atomic mass is 19.1. The van der Waals surface area contributed by atoms with Crippen LogP contribution < -0.4 is 0 Å². The van der Waals surface area contributed by atoms with Crippen molar-refractivity contribution in [1.82, 2.24) is 0 Å². The molecule has 0 unspecified atom stereocenters. The molecule has 2 aliphatic carbocycles. The summed E-state index contributed by atoms with van der Waals surface area (Å²) in [5, 5.41) is 8.40. The Kier molecular flexibility index (Phi) is 9.30. The van der Waals surface area contributed by atoms with E-state index < -0.39 is 5.83 Å². The van der Waals surface area contributed by atoms with E-state index in [0.717, 1.165) is 17.8 Å². The lowest BCUT2D eigenvalue weighted by Gasteiger charge is -2.31. The van der Waals surface area contributed by atoms with Gasteiger partial charge in [-0.15, -0.1) is 0 Å². The number of allylic oxidation sites excluding steroid dienone is 4. The van der Waals surface area contributed by atoms with Gasteiger partial charge in [-0.05, 0) is 55.4 Å². The van der Waals surface area contributed by atoms with Crippen LogP contribution in [-0.2, 0) is 0 Å². The summed E-state index contributed by atoms with van der Waals surface area (Å²) in [5.41, 5.74) is 0. The molecule has 0 saturated heterocycles. The zero-order chi connectivity index (χ0) is 17.9. The van der Waals surface area contributed by atoms with Gasteiger partial charge >= 0.3 is 0 Å². The fourth-order valence-corrected chi connectivity index (χ4v) is 4.78. The highest BCUT2D eigenvalue weighted by molar-refractivity contribution is 5.19. The Morgan fingerprint density at radius 3 is 1.96 bits per heavy atom. The summed E-state index contributed by atoms with van der Waals surface area (Å²) in [6, 6.07) is 1.51. The smallest absolute Gasteiger partial charge is 0.195 e. The highest BCUT2D eigenvalue weighted by Gasteiger charge is 2.23. The van der Waals surface area contributed by atoms with Crippen molar-refractivity contribution in [3.8, 4) is 6.07 Å². The first-order chi connectivity index (χ1) is 12.2. The Labute approximate surface area is 154 Å². The van der Waals surface area contributed by atoms with Crippen LogP contribution >= 0.6 is 0 Å². The Morgan fingerprint density at radius 2 is 1.44 bits per heavy atom. The van der Waals surface area contributed by atoms with Crippen LogP contribution in [0.1, 0.15) is 90.4 Å². The van der Waals surface area contributed by atoms with Crippen molar-refractivity contribution in [2.45, 2.75) is 90.4 Å². The molecule has 2 aliphatic rings. The summed E-state index contributed by atoms with van der Waals surface area (Å²) >= 11 is 0. The number of halogens is 1. The molecule has 0 N–H and O–H groups in total. The maximum atomic E-state index is 12.8. The van der Waals surface area contributed by atoms with Gasteiger partial charge in [0, 0.05) is 0 Å². The third-order valence-electron chi connectivity index (χ3n) is 6.54. The minimum Gasteiger partial charge on any atom is -0.195 e. The average molecular weight is 346 g/mol. The molecule has 25 heavy (non-hydrogen) atoms. The predicted octanol–water partition coefficient (Wildman–Crippen LogP) is 7.50. The van der Waals surface area contributed by atoms with E-state index in [-0.39, 0.29) is 0 Å². The normalized spacial score (nSPS) is 31.2. The Hall–Kier alpha value is -1.10. The van der Waals surface area contributed by atoms with Gasteiger partial charge in [0.25, 0.3) is 0 Å². The molecule has 2 saturated carbocycles. The summed E-state index contributed by atoms with van der Waals surface area (Å²) in [6.45, 7) is 2.30. The fourth-order valence-electron chi connectivity index (χ4n) is 4.78. The first kappa shape index (κ1) is 20.2. The molecule has 0 aromatic rings. The topological polar surface area (TPSA) is 23.8 Å². The van der Waals surface area contributed by atoms with Crippen molar-refractivity contribution in [1.29, 1.82) is 5.26 Å². The molecular formula is C23H36FN. The second-order valence-corrected chi connectivity index (χ2v) is 8.40. The fraction of sp³-hybridized carbons (Fsp3) is 0.783. The van der Waals surface area contributed by atoms with Gasteiger partial charge in [0.05, 0.1) is 0 Å². The second-order valence-electron chi connectivity index (χ2n) is 8.40. The molecule has 0 aromatic carbocycles. The van der Waals surface area contributed by atoms with Crippen LogP contribution in [0.2, 0.25) is 0 Å². The quantitative estimate of drug-likeness (QED) is 0.330. The lowest BCUT2D eigenvalue weighted by atomic mass is 9.75. The highest BCUT2D eigenvalue weighted by Crippen LogP contribution is 2.37. The second kappa shape index (κ2) is 11.5. The number of hydrogen-bond acceptors (Lipinski definition) is 1. The molecule has 0 spiro atoms. The van der Waals surface area contributed by atoms with Crippen molar-refractivity contribution < 1.29 is 4.39 Å². The SMILES string of the molecule is CCCC[C@H]1CC[C@H](CC[C@H]2CC[C@H](/C=C/C=C(\F)C#N)CC2)CC1. The minimum atomic E-state index is -0.700. The predicted molar refractivity (Wildman–Crippen MR) is 104 cm³/mol. The van der Waals surface area contributed by atoms with E-state index in [2.05, 4.69) is 13.0 Å². The van der Waals surface area contributed by atoms with Gasteiger partial charge < -0.3 is 0 Å². The van der Waals surface area contributed by atoms with E-state index in [4.69, 9.17) is 5.26 Å². The lowest BCUT2D eigenvalue weighted by molar-refractivity contribution is 0.220. The lowest BCUT2D eigenvalue weighted by Crippen LogP contribution is -2.17. The summed E-state index contributed by atoms with van der Waals surface area (Å²) < 4.78 is 12.8. The van der Waals surface area contributed by atoms with Crippen LogP contribution in [0.3, 0.4) is 0 Å². The van der Waals surface area contributed by atoms with Gasteiger partial charge in [-0.25, -0.2) is 0 Å². The molecule has 2 heteroatoms. The Morgan fingerprint density at radius 1 is 0.920 bits per heavy atom. The van der Waals surface area contributed by atoms with E-state index in [0.29, 0.717) is 5.92 Å². The zero-order valence-electron chi connectivity index (χ0n) is 16.1. The van der Waals surface area contributed by atoms with Gasteiger partial charge in [-0.1, -0.05) is 76.9 Å². The maximum Gasteiger partial charge on any atom is 0.199 e.